The topological polar surface area (TPSA) is 20.2 Å². The molecule has 0 aliphatic heterocycles. The maximum Gasteiger partial charge on any atom is 0.0574 e. The summed E-state index contributed by atoms with van der Waals surface area (Å²) in [5, 5.41) is 9.87. The molecule has 0 saturated heterocycles. The largest absolute Gasteiger partial charge is 0.393 e. The molecule has 1 unspecified atom stereocenters. The van der Waals surface area contributed by atoms with Crippen LogP contribution < -0.4 is 0 Å². The highest BCUT2D eigenvalue weighted by Crippen LogP contribution is 2.11. The summed E-state index contributed by atoms with van der Waals surface area (Å²) in [6.07, 6.45) is 21.4. The van der Waals surface area contributed by atoms with E-state index in [1.54, 1.807) is 0 Å². The van der Waals surface area contributed by atoms with Gasteiger partial charge in [0.2, 0.25) is 0 Å². The smallest absolute Gasteiger partial charge is 0.0574 e. The molecule has 1 N–H and O–H groups in total. The molecule has 0 aliphatic rings. The van der Waals surface area contributed by atoms with Crippen molar-refractivity contribution in [2.75, 3.05) is 0 Å². The lowest BCUT2D eigenvalue weighted by molar-refractivity contribution is 0.163. The lowest BCUT2D eigenvalue weighted by Crippen LogP contribution is -2.04. The van der Waals surface area contributed by atoms with Crippen molar-refractivity contribution in [2.45, 2.75) is 103 Å². The highest BCUT2D eigenvalue weighted by molar-refractivity contribution is 4.84. The van der Waals surface area contributed by atoms with Crippen molar-refractivity contribution in [3.63, 3.8) is 0 Å². The number of aliphatic hydroxyl groups is 1. The Bertz CT molecular complexity index is 198. The Labute approximate surface area is 127 Å². The van der Waals surface area contributed by atoms with E-state index in [0.717, 1.165) is 19.3 Å². The Morgan fingerprint density at radius 1 is 0.850 bits per heavy atom. The SMILES string of the molecule is [CH2]CCCCCCC=CCC(O)CCCCCCCC. The first-order valence-corrected chi connectivity index (χ1v) is 8.93. The molecule has 0 spiro atoms. The first kappa shape index (κ1) is 19.7. The standard InChI is InChI=1S/C19H37O/c1-3-5-7-9-11-12-14-16-18-19(20)17-15-13-10-8-6-4-2/h14,16,19-20H,1,3-13,15,17-18H2,2H3. The van der Waals surface area contributed by atoms with Gasteiger partial charge in [-0.15, -0.1) is 0 Å². The van der Waals surface area contributed by atoms with Gasteiger partial charge >= 0.3 is 0 Å². The Morgan fingerprint density at radius 3 is 2.25 bits per heavy atom. The van der Waals surface area contributed by atoms with Gasteiger partial charge in [-0.25, -0.2) is 0 Å². The minimum atomic E-state index is -0.122. The Kier molecular flexibility index (Phi) is 16.5. The fraction of sp³-hybridized carbons (Fsp3) is 0.842. The molecule has 0 rings (SSSR count). The summed E-state index contributed by atoms with van der Waals surface area (Å²) in [6.45, 7) is 6.10. The van der Waals surface area contributed by atoms with Crippen LogP contribution in [0.2, 0.25) is 0 Å². The summed E-state index contributed by atoms with van der Waals surface area (Å²) in [7, 11) is 0. The number of rotatable bonds is 15. The van der Waals surface area contributed by atoms with E-state index in [9.17, 15) is 5.11 Å². The summed E-state index contributed by atoms with van der Waals surface area (Å²) >= 11 is 0. The lowest BCUT2D eigenvalue weighted by Gasteiger charge is -2.07. The maximum absolute atomic E-state index is 9.87. The molecule has 1 nitrogen and oxygen atoms in total. The van der Waals surface area contributed by atoms with Crippen LogP contribution in [-0.4, -0.2) is 11.2 Å². The van der Waals surface area contributed by atoms with Gasteiger partial charge in [0.25, 0.3) is 0 Å². The van der Waals surface area contributed by atoms with Crippen molar-refractivity contribution in [2.24, 2.45) is 0 Å². The highest BCUT2D eigenvalue weighted by atomic mass is 16.3. The first-order chi connectivity index (χ1) is 9.81. The quantitative estimate of drug-likeness (QED) is 0.279. The third-order valence-corrected chi connectivity index (χ3v) is 3.84. The average molecular weight is 282 g/mol. The maximum atomic E-state index is 9.87. The molecule has 0 aromatic heterocycles. The van der Waals surface area contributed by atoms with Gasteiger partial charge in [0.1, 0.15) is 0 Å². The zero-order valence-electron chi connectivity index (χ0n) is 13.8. The summed E-state index contributed by atoms with van der Waals surface area (Å²) in [5.41, 5.74) is 0. The van der Waals surface area contributed by atoms with Gasteiger partial charge in [-0.3, -0.25) is 0 Å². The third-order valence-electron chi connectivity index (χ3n) is 3.84. The van der Waals surface area contributed by atoms with Crippen molar-refractivity contribution < 1.29 is 5.11 Å². The Morgan fingerprint density at radius 2 is 1.50 bits per heavy atom. The van der Waals surface area contributed by atoms with Crippen LogP contribution in [0.1, 0.15) is 96.8 Å². The molecule has 0 aliphatic carbocycles. The summed E-state index contributed by atoms with van der Waals surface area (Å²) in [4.78, 5) is 0. The third kappa shape index (κ3) is 15.8. The van der Waals surface area contributed by atoms with Crippen LogP contribution in [0.3, 0.4) is 0 Å². The zero-order valence-corrected chi connectivity index (χ0v) is 13.8. The Balaban J connectivity index is 3.24. The van der Waals surface area contributed by atoms with Crippen molar-refractivity contribution in [1.29, 1.82) is 0 Å². The van der Waals surface area contributed by atoms with Crippen LogP contribution in [0.5, 0.6) is 0 Å². The van der Waals surface area contributed by atoms with E-state index in [0.29, 0.717) is 0 Å². The van der Waals surface area contributed by atoms with Crippen LogP contribution in [-0.2, 0) is 0 Å². The monoisotopic (exact) mass is 281 g/mol. The summed E-state index contributed by atoms with van der Waals surface area (Å²) in [5.74, 6) is 0. The van der Waals surface area contributed by atoms with Crippen molar-refractivity contribution in [1.82, 2.24) is 0 Å². The van der Waals surface area contributed by atoms with E-state index < -0.39 is 0 Å². The molecule has 0 aromatic carbocycles. The lowest BCUT2D eigenvalue weighted by atomic mass is 10.0. The Hall–Kier alpha value is -0.300. The second-order valence-electron chi connectivity index (χ2n) is 5.97. The molecule has 0 bridgehead atoms. The van der Waals surface area contributed by atoms with E-state index in [1.165, 1.54) is 70.6 Å². The number of aliphatic hydroxyl groups excluding tert-OH is 1. The van der Waals surface area contributed by atoms with Gasteiger partial charge < -0.3 is 5.11 Å². The van der Waals surface area contributed by atoms with Crippen molar-refractivity contribution in [3.8, 4) is 0 Å². The van der Waals surface area contributed by atoms with Crippen LogP contribution >= 0.6 is 0 Å². The van der Waals surface area contributed by atoms with Crippen molar-refractivity contribution in [3.05, 3.63) is 19.1 Å². The summed E-state index contributed by atoms with van der Waals surface area (Å²) < 4.78 is 0. The normalized spacial score (nSPS) is 13.2. The molecule has 20 heavy (non-hydrogen) atoms. The number of hydrogen-bond donors (Lipinski definition) is 1. The number of hydrogen-bond acceptors (Lipinski definition) is 1. The van der Waals surface area contributed by atoms with Crippen LogP contribution in [0.25, 0.3) is 0 Å². The first-order valence-electron chi connectivity index (χ1n) is 8.93. The highest BCUT2D eigenvalue weighted by Gasteiger charge is 2.00. The minimum absolute atomic E-state index is 0.122. The van der Waals surface area contributed by atoms with Gasteiger partial charge in [-0.2, -0.15) is 0 Å². The molecule has 0 fully saturated rings. The van der Waals surface area contributed by atoms with Crippen LogP contribution in [0.4, 0.5) is 0 Å². The minimum Gasteiger partial charge on any atom is -0.393 e. The molecule has 0 saturated carbocycles. The predicted octanol–water partition coefficient (Wildman–Crippen LogP) is 6.22. The number of unbranched alkanes of at least 4 members (excludes halogenated alkanes) is 10. The fourth-order valence-electron chi connectivity index (χ4n) is 2.44. The van der Waals surface area contributed by atoms with Crippen LogP contribution in [0.15, 0.2) is 12.2 Å². The molecule has 1 radical (unpaired) electrons. The van der Waals surface area contributed by atoms with E-state index in [4.69, 9.17) is 0 Å². The molecular weight excluding hydrogens is 244 g/mol. The van der Waals surface area contributed by atoms with Gasteiger partial charge in [-0.1, -0.05) is 90.2 Å². The van der Waals surface area contributed by atoms with E-state index in [1.807, 2.05) is 0 Å². The van der Waals surface area contributed by atoms with E-state index in [2.05, 4.69) is 26.0 Å². The average Bonchev–Trinajstić information content (AvgIpc) is 2.45. The zero-order chi connectivity index (χ0) is 14.9. The van der Waals surface area contributed by atoms with Gasteiger partial charge in [0.15, 0.2) is 0 Å². The predicted molar refractivity (Wildman–Crippen MR) is 90.8 cm³/mol. The molecule has 1 atom stereocenters. The van der Waals surface area contributed by atoms with Gasteiger partial charge in [0, 0.05) is 0 Å². The fourth-order valence-corrected chi connectivity index (χ4v) is 2.44. The molecule has 0 heterocycles. The number of allylic oxidation sites excluding steroid dienone is 1. The molecule has 119 valence electrons. The van der Waals surface area contributed by atoms with E-state index >= 15 is 0 Å². The van der Waals surface area contributed by atoms with E-state index in [-0.39, 0.29) is 6.10 Å². The van der Waals surface area contributed by atoms with Gasteiger partial charge in [-0.05, 0) is 25.7 Å². The second kappa shape index (κ2) is 16.8. The molecular formula is C19H37O. The van der Waals surface area contributed by atoms with Crippen LogP contribution in [0, 0.1) is 6.92 Å². The molecule has 0 aromatic rings. The molecule has 0 amide bonds. The van der Waals surface area contributed by atoms with Gasteiger partial charge in [0.05, 0.1) is 6.10 Å². The molecule has 1 heteroatoms. The second-order valence-corrected chi connectivity index (χ2v) is 5.97. The summed E-state index contributed by atoms with van der Waals surface area (Å²) in [6, 6.07) is 0. The van der Waals surface area contributed by atoms with Crippen molar-refractivity contribution >= 4 is 0 Å².